The molecule has 0 heterocycles. The van der Waals surface area contributed by atoms with Crippen LogP contribution in [0.5, 0.6) is 0 Å². The Morgan fingerprint density at radius 2 is 1.76 bits per heavy atom. The van der Waals surface area contributed by atoms with E-state index in [1.54, 1.807) is 30.3 Å². The monoisotopic (exact) mass is 290 g/mol. The molecule has 1 aromatic carbocycles. The maximum atomic E-state index is 11.6. The van der Waals surface area contributed by atoms with E-state index in [0.717, 1.165) is 7.11 Å². The van der Waals surface area contributed by atoms with Crippen LogP contribution in [0, 0.1) is 5.41 Å². The number of carboxylic acid groups (broad SMARTS) is 2. The van der Waals surface area contributed by atoms with Crippen molar-refractivity contribution in [3.8, 4) is 0 Å². The normalized spacial score (nSPS) is 13.0. The van der Waals surface area contributed by atoms with Crippen molar-refractivity contribution in [2.75, 3.05) is 7.11 Å². The second-order valence-electron chi connectivity index (χ2n) is 4.55. The van der Waals surface area contributed by atoms with Crippen molar-refractivity contribution in [2.24, 2.45) is 5.41 Å². The van der Waals surface area contributed by atoms with E-state index >= 15 is 0 Å². The van der Waals surface area contributed by atoms with Gasteiger partial charge in [0.25, 0.3) is 0 Å². The fourth-order valence-corrected chi connectivity index (χ4v) is 2.00. The Kier molecular flexibility index (Phi) is 5.24. The predicted molar refractivity (Wildman–Crippen MR) is 68.4 cm³/mol. The lowest BCUT2D eigenvalue weighted by Gasteiger charge is -2.36. The van der Waals surface area contributed by atoms with Crippen LogP contribution in [-0.2, 0) is 25.5 Å². The second kappa shape index (κ2) is 6.69. The summed E-state index contributed by atoms with van der Waals surface area (Å²) in [5, 5.41) is 22.6. The molecule has 0 aliphatic carbocycles. The molecule has 0 radical (unpaired) electrons. The van der Waals surface area contributed by atoms with Gasteiger partial charge in [-0.15, -0.1) is 0 Å². The summed E-state index contributed by atoms with van der Waals surface area (Å²) in [6.45, 7) is 3.24. The highest BCUT2D eigenvalue weighted by Gasteiger charge is 2.38. The lowest BCUT2D eigenvalue weighted by Crippen LogP contribution is -2.50. The summed E-state index contributed by atoms with van der Waals surface area (Å²) in [6.07, 6.45) is -0.967. The molecule has 0 aliphatic rings. The summed E-state index contributed by atoms with van der Waals surface area (Å²) < 4.78 is 4.44. The van der Waals surface area contributed by atoms with Crippen molar-refractivity contribution in [1.82, 2.24) is 0 Å². The molecule has 0 saturated heterocycles. The molecule has 0 aromatic heterocycles. The van der Waals surface area contributed by atoms with E-state index in [1.165, 1.54) is 0 Å². The zero-order valence-electron chi connectivity index (χ0n) is 11.5. The molecule has 0 bridgehead atoms. The van der Waals surface area contributed by atoms with Crippen molar-refractivity contribution >= 4 is 17.9 Å². The maximum absolute atomic E-state index is 11.6. The molecule has 21 heavy (non-hydrogen) atoms. The molecule has 0 saturated carbocycles. The summed E-state index contributed by atoms with van der Waals surface area (Å²) in [4.78, 5) is 34.1. The van der Waals surface area contributed by atoms with E-state index in [9.17, 15) is 24.6 Å². The Balaban J connectivity index is 3.30. The molecule has 1 rings (SSSR count). The van der Waals surface area contributed by atoms with Gasteiger partial charge in [-0.1, -0.05) is 36.9 Å². The second-order valence-corrected chi connectivity index (χ2v) is 4.55. The minimum Gasteiger partial charge on any atom is -0.549 e. The van der Waals surface area contributed by atoms with E-state index in [0.29, 0.717) is 5.56 Å². The molecule has 0 N–H and O–H groups in total. The van der Waals surface area contributed by atoms with Crippen LogP contribution in [0.4, 0.5) is 0 Å². The van der Waals surface area contributed by atoms with E-state index in [-0.39, 0.29) is 6.42 Å². The third-order valence-corrected chi connectivity index (χ3v) is 3.24. The van der Waals surface area contributed by atoms with Gasteiger partial charge in [0.2, 0.25) is 0 Å². The minimum atomic E-state index is -2.12. The molecule has 1 atom stereocenters. The van der Waals surface area contributed by atoms with Crippen LogP contribution < -0.4 is 10.2 Å². The Labute approximate surface area is 121 Å². The molecular weight excluding hydrogens is 276 g/mol. The summed E-state index contributed by atoms with van der Waals surface area (Å²) in [5.41, 5.74) is -2.32. The fourth-order valence-electron chi connectivity index (χ4n) is 2.00. The quantitative estimate of drug-likeness (QED) is 0.463. The number of esters is 1. The Hall–Kier alpha value is -2.63. The molecule has 1 unspecified atom stereocenters. The first-order valence-corrected chi connectivity index (χ1v) is 6.06. The topological polar surface area (TPSA) is 107 Å². The summed E-state index contributed by atoms with van der Waals surface area (Å²) in [5.74, 6) is -4.34. The highest BCUT2D eigenvalue weighted by molar-refractivity contribution is 5.96. The Morgan fingerprint density at radius 3 is 2.19 bits per heavy atom. The average Bonchev–Trinajstić information content (AvgIpc) is 2.46. The van der Waals surface area contributed by atoms with Gasteiger partial charge in [0.15, 0.2) is 0 Å². The molecule has 6 heteroatoms. The first-order valence-electron chi connectivity index (χ1n) is 6.06. The number of hydrogen-bond donors (Lipinski definition) is 0. The zero-order valence-corrected chi connectivity index (χ0v) is 11.5. The highest BCUT2D eigenvalue weighted by Crippen LogP contribution is 2.34. The maximum Gasteiger partial charge on any atom is 0.306 e. The van der Waals surface area contributed by atoms with Gasteiger partial charge >= 0.3 is 5.97 Å². The number of aliphatic carboxylic acids is 2. The molecule has 0 spiro atoms. The highest BCUT2D eigenvalue weighted by atomic mass is 16.5. The number of rotatable bonds is 7. The number of methoxy groups -OCH3 is 1. The van der Waals surface area contributed by atoms with Gasteiger partial charge in [0.1, 0.15) is 0 Å². The van der Waals surface area contributed by atoms with Crippen LogP contribution in [0.3, 0.4) is 0 Å². The van der Waals surface area contributed by atoms with Crippen LogP contribution >= 0.6 is 0 Å². The number of ether oxygens (including phenoxy) is 1. The predicted octanol–water partition coefficient (Wildman–Crippen LogP) is -1.17. The van der Waals surface area contributed by atoms with Crippen LogP contribution in [0.25, 0.3) is 0 Å². The Bertz CT molecular complexity index is 563. The smallest absolute Gasteiger partial charge is 0.306 e. The molecule has 0 aliphatic heterocycles. The third kappa shape index (κ3) is 3.68. The molecular formula is C15H14O6-2. The third-order valence-electron chi connectivity index (χ3n) is 3.24. The van der Waals surface area contributed by atoms with E-state index in [4.69, 9.17) is 0 Å². The van der Waals surface area contributed by atoms with Gasteiger partial charge in [0, 0.05) is 0 Å². The van der Waals surface area contributed by atoms with Crippen molar-refractivity contribution in [1.29, 1.82) is 0 Å². The summed E-state index contributed by atoms with van der Waals surface area (Å²) in [7, 11) is 1.08. The van der Waals surface area contributed by atoms with E-state index < -0.39 is 35.3 Å². The lowest BCUT2D eigenvalue weighted by molar-refractivity contribution is -0.322. The van der Waals surface area contributed by atoms with Crippen molar-refractivity contribution in [3.63, 3.8) is 0 Å². The molecule has 6 nitrogen and oxygen atoms in total. The Morgan fingerprint density at radius 1 is 1.19 bits per heavy atom. The number of carbonyl (C=O) groups excluding carboxylic acids is 3. The van der Waals surface area contributed by atoms with Gasteiger partial charge in [-0.3, -0.25) is 4.79 Å². The number of benzene rings is 1. The van der Waals surface area contributed by atoms with Crippen molar-refractivity contribution in [3.05, 3.63) is 48.0 Å². The van der Waals surface area contributed by atoms with Gasteiger partial charge in [-0.2, -0.15) is 0 Å². The van der Waals surface area contributed by atoms with Crippen LogP contribution in [0.1, 0.15) is 12.0 Å². The van der Waals surface area contributed by atoms with Crippen molar-refractivity contribution in [2.45, 2.75) is 12.8 Å². The van der Waals surface area contributed by atoms with Gasteiger partial charge in [0.05, 0.1) is 30.9 Å². The minimum absolute atomic E-state index is 0.266. The van der Waals surface area contributed by atoms with E-state index in [2.05, 4.69) is 11.3 Å². The van der Waals surface area contributed by atoms with Gasteiger partial charge < -0.3 is 24.5 Å². The van der Waals surface area contributed by atoms with Crippen LogP contribution in [-0.4, -0.2) is 25.0 Å². The number of carbonyl (C=O) groups is 3. The first kappa shape index (κ1) is 16.4. The molecule has 112 valence electrons. The van der Waals surface area contributed by atoms with Gasteiger partial charge in [-0.25, -0.2) is 0 Å². The zero-order chi connectivity index (χ0) is 16.0. The number of hydrogen-bond acceptors (Lipinski definition) is 6. The van der Waals surface area contributed by atoms with Gasteiger partial charge in [-0.05, 0) is 17.6 Å². The lowest BCUT2D eigenvalue weighted by atomic mass is 9.73. The van der Waals surface area contributed by atoms with E-state index in [1.807, 2.05) is 0 Å². The summed E-state index contributed by atoms with van der Waals surface area (Å²) >= 11 is 0. The number of carboxylic acids is 2. The first-order chi connectivity index (χ1) is 9.83. The molecule has 0 fully saturated rings. The fraction of sp³-hybridized carbons (Fsp3) is 0.267. The van der Waals surface area contributed by atoms with Crippen LogP contribution in [0.2, 0.25) is 0 Å². The largest absolute Gasteiger partial charge is 0.549 e. The van der Waals surface area contributed by atoms with Crippen molar-refractivity contribution < 1.29 is 29.3 Å². The standard InChI is InChI=1S/C15H16O6/c1-10(13(17)18)15(14(19)20,9-12(16)21-2)8-11-6-4-3-5-7-11/h3-7H,1,8-9H2,2H3,(H,17,18)(H,19,20)/p-2. The molecule has 0 amide bonds. The summed E-state index contributed by atoms with van der Waals surface area (Å²) in [6, 6.07) is 8.26. The molecule has 1 aromatic rings. The van der Waals surface area contributed by atoms with Crippen LogP contribution in [0.15, 0.2) is 42.5 Å². The SMILES string of the molecule is C=C(C(=O)[O-])C(CC(=O)OC)(Cc1ccccc1)C(=O)[O-]. The average molecular weight is 290 g/mol.